The molecule has 0 bridgehead atoms. The number of hydrogen-bond acceptors (Lipinski definition) is 3. The third-order valence-corrected chi connectivity index (χ3v) is 4.10. The first-order valence-corrected chi connectivity index (χ1v) is 9.22. The van der Waals surface area contributed by atoms with Crippen molar-refractivity contribution in [1.29, 1.82) is 0 Å². The van der Waals surface area contributed by atoms with Crippen LogP contribution < -0.4 is 10.7 Å². The summed E-state index contributed by atoms with van der Waals surface area (Å²) in [5.74, 6) is -0.499. The van der Waals surface area contributed by atoms with Crippen molar-refractivity contribution in [3.8, 4) is 0 Å². The molecule has 0 saturated heterocycles. The first kappa shape index (κ1) is 19.8. The van der Waals surface area contributed by atoms with E-state index < -0.39 is 0 Å². The monoisotopic (exact) mass is 461 g/mol. The van der Waals surface area contributed by atoms with Crippen LogP contribution in [0, 0.1) is 3.57 Å². The number of hydrazone groups is 1. The Labute approximate surface area is 166 Å². The summed E-state index contributed by atoms with van der Waals surface area (Å²) in [6, 6.07) is 17.3. The van der Waals surface area contributed by atoms with Crippen LogP contribution in [0.5, 0.6) is 0 Å². The maximum absolute atomic E-state index is 11.9. The Balaban J connectivity index is 1.73. The largest absolute Gasteiger partial charge is 0.326 e. The summed E-state index contributed by atoms with van der Waals surface area (Å²) in [7, 11) is 0. The molecule has 5 nitrogen and oxygen atoms in total. The topological polar surface area (TPSA) is 70.6 Å². The molecule has 6 heteroatoms. The van der Waals surface area contributed by atoms with E-state index in [1.807, 2.05) is 66.7 Å². The van der Waals surface area contributed by atoms with E-state index in [2.05, 4.69) is 38.4 Å². The first-order chi connectivity index (χ1) is 12.5. The lowest BCUT2D eigenvalue weighted by Gasteiger charge is -2.05. The van der Waals surface area contributed by atoms with E-state index in [0.717, 1.165) is 14.8 Å². The van der Waals surface area contributed by atoms with E-state index in [4.69, 9.17) is 0 Å². The van der Waals surface area contributed by atoms with Gasteiger partial charge in [0, 0.05) is 22.1 Å². The summed E-state index contributed by atoms with van der Waals surface area (Å²) in [6.07, 6.45) is 3.92. The van der Waals surface area contributed by atoms with E-state index in [-0.39, 0.29) is 24.7 Å². The predicted molar refractivity (Wildman–Crippen MR) is 114 cm³/mol. The minimum Gasteiger partial charge on any atom is -0.326 e. The van der Waals surface area contributed by atoms with Crippen LogP contribution in [0.4, 0.5) is 5.69 Å². The van der Waals surface area contributed by atoms with Gasteiger partial charge in [-0.15, -0.1) is 0 Å². The lowest BCUT2D eigenvalue weighted by molar-refractivity contribution is -0.124. The van der Waals surface area contributed by atoms with E-state index in [1.165, 1.54) is 0 Å². The Morgan fingerprint density at radius 3 is 2.35 bits per heavy atom. The Morgan fingerprint density at radius 1 is 1.00 bits per heavy atom. The van der Waals surface area contributed by atoms with Gasteiger partial charge in [0.15, 0.2) is 0 Å². The Morgan fingerprint density at radius 2 is 1.65 bits per heavy atom. The number of anilines is 1. The molecule has 134 valence electrons. The quantitative estimate of drug-likeness (QED) is 0.369. The SMILES string of the molecule is CC(/C=C/c1ccccc1)=N/NC(=O)CCC(=O)Nc1ccc(I)cc1. The summed E-state index contributed by atoms with van der Waals surface area (Å²) < 4.78 is 1.09. The fourth-order valence-corrected chi connectivity index (χ4v) is 2.37. The standard InChI is InChI=1S/C20H20IN3O2/c1-15(7-8-16-5-3-2-4-6-16)23-24-20(26)14-13-19(25)22-18-11-9-17(21)10-12-18/h2-12H,13-14H2,1H3,(H,22,25)(H,24,26)/b8-7+,23-15-. The predicted octanol–water partition coefficient (Wildman–Crippen LogP) is 4.22. The number of hydrogen-bond donors (Lipinski definition) is 2. The van der Waals surface area contributed by atoms with Crippen LogP contribution in [-0.4, -0.2) is 17.5 Å². The van der Waals surface area contributed by atoms with Crippen LogP contribution in [0.3, 0.4) is 0 Å². The Hall–Kier alpha value is -2.48. The second-order valence-corrected chi connectivity index (χ2v) is 6.83. The van der Waals surface area contributed by atoms with Crippen molar-refractivity contribution in [3.63, 3.8) is 0 Å². The number of halogens is 1. The number of nitrogens with zero attached hydrogens (tertiary/aromatic N) is 1. The normalized spacial score (nSPS) is 11.4. The molecule has 2 aromatic rings. The highest BCUT2D eigenvalue weighted by Crippen LogP contribution is 2.11. The van der Waals surface area contributed by atoms with Crippen molar-refractivity contribution in [2.45, 2.75) is 19.8 Å². The molecule has 0 unspecified atom stereocenters. The summed E-state index contributed by atoms with van der Waals surface area (Å²) >= 11 is 2.20. The number of benzene rings is 2. The summed E-state index contributed by atoms with van der Waals surface area (Å²) in [5.41, 5.74) is 4.91. The third-order valence-electron chi connectivity index (χ3n) is 3.38. The van der Waals surface area contributed by atoms with Gasteiger partial charge in [-0.3, -0.25) is 9.59 Å². The zero-order chi connectivity index (χ0) is 18.8. The van der Waals surface area contributed by atoms with Gasteiger partial charge in [0.05, 0.1) is 5.71 Å². The van der Waals surface area contributed by atoms with Crippen molar-refractivity contribution in [2.75, 3.05) is 5.32 Å². The highest BCUT2D eigenvalue weighted by atomic mass is 127. The number of carbonyl (C=O) groups excluding carboxylic acids is 2. The molecule has 0 aliphatic rings. The molecule has 0 atom stereocenters. The van der Waals surface area contributed by atoms with Gasteiger partial charge in [0.25, 0.3) is 0 Å². The van der Waals surface area contributed by atoms with Gasteiger partial charge >= 0.3 is 0 Å². The van der Waals surface area contributed by atoms with Gasteiger partial charge < -0.3 is 5.32 Å². The minimum absolute atomic E-state index is 0.0788. The van der Waals surface area contributed by atoms with Crippen LogP contribution >= 0.6 is 22.6 Å². The molecule has 0 saturated carbocycles. The highest BCUT2D eigenvalue weighted by Gasteiger charge is 2.06. The van der Waals surface area contributed by atoms with Gasteiger partial charge in [0.1, 0.15) is 0 Å². The summed E-state index contributed by atoms with van der Waals surface area (Å²) in [6.45, 7) is 1.79. The molecule has 0 radical (unpaired) electrons. The van der Waals surface area contributed by atoms with Crippen LogP contribution in [0.25, 0.3) is 6.08 Å². The lowest BCUT2D eigenvalue weighted by Crippen LogP contribution is -2.21. The fraction of sp³-hybridized carbons (Fsp3) is 0.150. The maximum atomic E-state index is 11.9. The molecule has 0 spiro atoms. The zero-order valence-electron chi connectivity index (χ0n) is 14.4. The summed E-state index contributed by atoms with van der Waals surface area (Å²) in [4.78, 5) is 23.7. The van der Waals surface area contributed by atoms with E-state index in [0.29, 0.717) is 5.71 Å². The average molecular weight is 461 g/mol. The number of rotatable bonds is 7. The Bertz CT molecular complexity index is 800. The number of amides is 2. The average Bonchev–Trinajstić information content (AvgIpc) is 2.65. The zero-order valence-corrected chi connectivity index (χ0v) is 16.6. The first-order valence-electron chi connectivity index (χ1n) is 8.14. The van der Waals surface area contributed by atoms with E-state index in [1.54, 1.807) is 6.92 Å². The molecule has 0 aliphatic carbocycles. The van der Waals surface area contributed by atoms with Crippen molar-refractivity contribution in [1.82, 2.24) is 5.43 Å². The second-order valence-electron chi connectivity index (χ2n) is 5.59. The Kier molecular flexibility index (Phi) is 8.01. The van der Waals surface area contributed by atoms with E-state index >= 15 is 0 Å². The van der Waals surface area contributed by atoms with Gasteiger partial charge in [-0.05, 0) is 65.4 Å². The van der Waals surface area contributed by atoms with Crippen molar-refractivity contribution in [2.24, 2.45) is 5.10 Å². The van der Waals surface area contributed by atoms with Gasteiger partial charge in [0.2, 0.25) is 11.8 Å². The third kappa shape index (κ3) is 7.60. The van der Waals surface area contributed by atoms with Gasteiger partial charge in [-0.1, -0.05) is 36.4 Å². The molecule has 2 N–H and O–H groups in total. The van der Waals surface area contributed by atoms with Gasteiger partial charge in [-0.2, -0.15) is 5.10 Å². The van der Waals surface area contributed by atoms with Crippen LogP contribution in [-0.2, 0) is 9.59 Å². The van der Waals surface area contributed by atoms with Gasteiger partial charge in [-0.25, -0.2) is 5.43 Å². The molecule has 2 amide bonds. The molecular weight excluding hydrogens is 441 g/mol. The van der Waals surface area contributed by atoms with Crippen molar-refractivity contribution < 1.29 is 9.59 Å². The molecule has 2 rings (SSSR count). The van der Waals surface area contributed by atoms with Crippen molar-refractivity contribution in [3.05, 3.63) is 69.8 Å². The van der Waals surface area contributed by atoms with E-state index in [9.17, 15) is 9.59 Å². The lowest BCUT2D eigenvalue weighted by atomic mass is 10.2. The fourth-order valence-electron chi connectivity index (χ4n) is 2.01. The number of allylic oxidation sites excluding steroid dienone is 1. The maximum Gasteiger partial charge on any atom is 0.240 e. The minimum atomic E-state index is -0.296. The molecular formula is C20H20IN3O2. The molecule has 0 fully saturated rings. The van der Waals surface area contributed by atoms with Crippen LogP contribution in [0.2, 0.25) is 0 Å². The highest BCUT2D eigenvalue weighted by molar-refractivity contribution is 14.1. The molecule has 2 aromatic carbocycles. The molecule has 26 heavy (non-hydrogen) atoms. The summed E-state index contributed by atoms with van der Waals surface area (Å²) in [5, 5.41) is 6.77. The van der Waals surface area contributed by atoms with Crippen molar-refractivity contribution >= 4 is 51.9 Å². The second kappa shape index (κ2) is 10.5. The van der Waals surface area contributed by atoms with Crippen LogP contribution in [0.15, 0.2) is 65.8 Å². The number of carbonyl (C=O) groups is 2. The molecule has 0 heterocycles. The smallest absolute Gasteiger partial charge is 0.240 e. The number of nitrogens with one attached hydrogen (secondary N) is 2. The molecule has 0 aliphatic heterocycles. The molecule has 0 aromatic heterocycles. The van der Waals surface area contributed by atoms with Crippen LogP contribution in [0.1, 0.15) is 25.3 Å².